The maximum absolute atomic E-state index is 13.3. The molecule has 0 saturated carbocycles. The molecule has 5 nitrogen and oxygen atoms in total. The van der Waals surface area contributed by atoms with Crippen LogP contribution >= 0.6 is 0 Å². The Bertz CT molecular complexity index is 1250. The molecule has 0 aliphatic carbocycles. The Hall–Kier alpha value is -4.00. The monoisotopic (exact) mass is 475 g/mol. The molecule has 0 bridgehead atoms. The number of unbranched alkanes of at least 4 members (excludes halogenated alkanes) is 1. The van der Waals surface area contributed by atoms with Crippen molar-refractivity contribution in [2.24, 2.45) is 0 Å². The van der Waals surface area contributed by atoms with Gasteiger partial charge in [0.15, 0.2) is 0 Å². The summed E-state index contributed by atoms with van der Waals surface area (Å²) in [5.74, 6) is -0.851. The highest BCUT2D eigenvalue weighted by molar-refractivity contribution is 6.05. The number of aromatic nitrogens is 2. The summed E-state index contributed by atoms with van der Waals surface area (Å²) < 4.78 is 33.9. The van der Waals surface area contributed by atoms with Gasteiger partial charge in [-0.05, 0) is 65.9 Å². The van der Waals surface area contributed by atoms with Gasteiger partial charge in [-0.2, -0.15) is 0 Å². The Balaban J connectivity index is 1.52. The predicted molar refractivity (Wildman–Crippen MR) is 131 cm³/mol. The zero-order valence-electron chi connectivity index (χ0n) is 19.5. The Labute approximate surface area is 203 Å². The molecule has 1 aromatic heterocycles. The van der Waals surface area contributed by atoms with E-state index < -0.39 is 0 Å². The van der Waals surface area contributed by atoms with Gasteiger partial charge in [-0.1, -0.05) is 49.7 Å². The fraction of sp³-hybridized carbons (Fsp3) is 0.214. The lowest BCUT2D eigenvalue weighted by Crippen LogP contribution is -2.13. The van der Waals surface area contributed by atoms with Gasteiger partial charge in [-0.3, -0.25) is 9.48 Å². The summed E-state index contributed by atoms with van der Waals surface area (Å²) in [5.41, 5.74) is 3.73. The van der Waals surface area contributed by atoms with Crippen LogP contribution in [0.2, 0.25) is 0 Å². The van der Waals surface area contributed by atoms with E-state index in [1.165, 1.54) is 29.8 Å². The molecule has 0 saturated heterocycles. The van der Waals surface area contributed by atoms with E-state index >= 15 is 0 Å². The van der Waals surface area contributed by atoms with E-state index in [1.807, 2.05) is 24.3 Å². The number of anilines is 1. The lowest BCUT2D eigenvalue weighted by Gasteiger charge is -2.08. The first kappa shape index (κ1) is 24.1. The Morgan fingerprint density at radius 1 is 0.886 bits per heavy atom. The van der Waals surface area contributed by atoms with Crippen LogP contribution in [-0.2, 0) is 19.6 Å². The standard InChI is InChI=1S/C28H27F2N3O2/c1-2-3-4-20-9-15-25(16-10-20)31-27(34)26-18-33(17-21-5-11-23(29)12-6-21)32-28(26)35-19-22-7-13-24(30)14-8-22/h5-16,18H,2-4,17,19H2,1H3,(H,31,34). The number of benzene rings is 3. The van der Waals surface area contributed by atoms with Crippen molar-refractivity contribution in [1.82, 2.24) is 9.78 Å². The highest BCUT2D eigenvalue weighted by atomic mass is 19.1. The Morgan fingerprint density at radius 3 is 2.11 bits per heavy atom. The van der Waals surface area contributed by atoms with Gasteiger partial charge in [0.2, 0.25) is 5.88 Å². The molecule has 3 aromatic carbocycles. The van der Waals surface area contributed by atoms with Crippen LogP contribution in [-0.4, -0.2) is 15.7 Å². The first-order valence-electron chi connectivity index (χ1n) is 11.6. The molecular formula is C28H27F2N3O2. The maximum atomic E-state index is 13.3. The number of hydrogen-bond acceptors (Lipinski definition) is 3. The summed E-state index contributed by atoms with van der Waals surface area (Å²) in [7, 11) is 0. The highest BCUT2D eigenvalue weighted by Gasteiger charge is 2.19. The number of nitrogens with one attached hydrogen (secondary N) is 1. The van der Waals surface area contributed by atoms with E-state index in [4.69, 9.17) is 4.74 Å². The Morgan fingerprint density at radius 2 is 1.49 bits per heavy atom. The van der Waals surface area contributed by atoms with Crippen LogP contribution < -0.4 is 10.1 Å². The molecule has 0 spiro atoms. The van der Waals surface area contributed by atoms with Gasteiger partial charge >= 0.3 is 0 Å². The Kier molecular flexibility index (Phi) is 7.88. The first-order chi connectivity index (χ1) is 17.0. The molecule has 180 valence electrons. The zero-order valence-corrected chi connectivity index (χ0v) is 19.5. The second-order valence-electron chi connectivity index (χ2n) is 8.34. The number of ether oxygens (including phenoxy) is 1. The lowest BCUT2D eigenvalue weighted by molar-refractivity contribution is 0.102. The summed E-state index contributed by atoms with van der Waals surface area (Å²) in [6.45, 7) is 2.62. The summed E-state index contributed by atoms with van der Waals surface area (Å²) in [4.78, 5) is 13.1. The fourth-order valence-corrected chi connectivity index (χ4v) is 3.59. The number of carbonyl (C=O) groups is 1. The maximum Gasteiger partial charge on any atom is 0.262 e. The van der Waals surface area contributed by atoms with Crippen molar-refractivity contribution >= 4 is 11.6 Å². The largest absolute Gasteiger partial charge is 0.471 e. The average Bonchev–Trinajstić information content (AvgIpc) is 3.27. The van der Waals surface area contributed by atoms with Crippen LogP contribution in [0.25, 0.3) is 0 Å². The minimum absolute atomic E-state index is 0.125. The quantitative estimate of drug-likeness (QED) is 0.289. The molecule has 4 rings (SSSR count). The SMILES string of the molecule is CCCCc1ccc(NC(=O)c2cn(Cc3ccc(F)cc3)nc2OCc2ccc(F)cc2)cc1. The highest BCUT2D eigenvalue weighted by Crippen LogP contribution is 2.21. The molecule has 0 atom stereocenters. The molecule has 1 amide bonds. The van der Waals surface area contributed by atoms with Crippen molar-refractivity contribution in [3.05, 3.63) is 113 Å². The third kappa shape index (κ3) is 6.76. The molecule has 0 aliphatic rings. The number of amides is 1. The van der Waals surface area contributed by atoms with Crippen LogP contribution in [0.1, 0.15) is 46.8 Å². The second-order valence-corrected chi connectivity index (χ2v) is 8.34. The van der Waals surface area contributed by atoms with Gasteiger partial charge in [0.1, 0.15) is 23.8 Å². The number of rotatable bonds is 10. The molecule has 35 heavy (non-hydrogen) atoms. The van der Waals surface area contributed by atoms with Gasteiger partial charge in [-0.25, -0.2) is 8.78 Å². The summed E-state index contributed by atoms with van der Waals surface area (Å²) in [6.07, 6.45) is 4.85. The number of nitrogens with zero attached hydrogens (tertiary/aromatic N) is 2. The second kappa shape index (κ2) is 11.4. The summed E-state index contributed by atoms with van der Waals surface area (Å²) >= 11 is 0. The molecule has 0 fully saturated rings. The number of carbonyl (C=O) groups excluding carboxylic acids is 1. The van der Waals surface area contributed by atoms with Crippen LogP contribution in [0.5, 0.6) is 5.88 Å². The van der Waals surface area contributed by atoms with Crippen molar-refractivity contribution in [1.29, 1.82) is 0 Å². The van der Waals surface area contributed by atoms with Gasteiger partial charge in [0.05, 0.1) is 6.54 Å². The minimum Gasteiger partial charge on any atom is -0.471 e. The number of hydrogen-bond donors (Lipinski definition) is 1. The van der Waals surface area contributed by atoms with Crippen molar-refractivity contribution in [3.8, 4) is 5.88 Å². The summed E-state index contributed by atoms with van der Waals surface area (Å²) in [5, 5.41) is 7.34. The zero-order chi connectivity index (χ0) is 24.6. The van der Waals surface area contributed by atoms with E-state index in [1.54, 1.807) is 35.1 Å². The average molecular weight is 476 g/mol. The van der Waals surface area contributed by atoms with Crippen molar-refractivity contribution < 1.29 is 18.3 Å². The van der Waals surface area contributed by atoms with Crippen LogP contribution in [0.4, 0.5) is 14.5 Å². The van der Waals surface area contributed by atoms with E-state index in [9.17, 15) is 13.6 Å². The smallest absolute Gasteiger partial charge is 0.262 e. The van der Waals surface area contributed by atoms with Crippen LogP contribution in [0, 0.1) is 11.6 Å². The topological polar surface area (TPSA) is 56.2 Å². The third-order valence-corrected chi connectivity index (χ3v) is 5.55. The molecule has 4 aromatic rings. The molecule has 0 aliphatic heterocycles. The number of aryl methyl sites for hydroxylation is 1. The fourth-order valence-electron chi connectivity index (χ4n) is 3.59. The normalized spacial score (nSPS) is 10.8. The minimum atomic E-state index is -0.356. The molecule has 1 heterocycles. The molecule has 0 unspecified atom stereocenters. The lowest BCUT2D eigenvalue weighted by atomic mass is 10.1. The van der Waals surface area contributed by atoms with Crippen molar-refractivity contribution in [3.63, 3.8) is 0 Å². The molecule has 1 N–H and O–H groups in total. The van der Waals surface area contributed by atoms with Gasteiger partial charge in [-0.15, -0.1) is 5.10 Å². The van der Waals surface area contributed by atoms with Crippen LogP contribution in [0.3, 0.4) is 0 Å². The van der Waals surface area contributed by atoms with Gasteiger partial charge in [0, 0.05) is 11.9 Å². The first-order valence-corrected chi connectivity index (χ1v) is 11.6. The van der Waals surface area contributed by atoms with E-state index in [0.29, 0.717) is 12.2 Å². The van der Waals surface area contributed by atoms with E-state index in [2.05, 4.69) is 17.3 Å². The van der Waals surface area contributed by atoms with Crippen molar-refractivity contribution in [2.45, 2.75) is 39.3 Å². The summed E-state index contributed by atoms with van der Waals surface area (Å²) in [6, 6.07) is 19.8. The third-order valence-electron chi connectivity index (χ3n) is 5.55. The van der Waals surface area contributed by atoms with Crippen molar-refractivity contribution in [2.75, 3.05) is 5.32 Å². The van der Waals surface area contributed by atoms with Gasteiger partial charge in [0.25, 0.3) is 5.91 Å². The van der Waals surface area contributed by atoms with Gasteiger partial charge < -0.3 is 10.1 Å². The van der Waals surface area contributed by atoms with E-state index in [-0.39, 0.29) is 35.6 Å². The molecule has 0 radical (unpaired) electrons. The number of halogens is 2. The predicted octanol–water partition coefficient (Wildman–Crippen LogP) is 6.38. The molecule has 7 heteroatoms. The molecular weight excluding hydrogens is 448 g/mol. The van der Waals surface area contributed by atoms with Crippen LogP contribution in [0.15, 0.2) is 79.0 Å². The van der Waals surface area contributed by atoms with E-state index in [0.717, 1.165) is 30.4 Å².